The number of hydrogen-bond donors (Lipinski definition) is 1. The van der Waals surface area contributed by atoms with Gasteiger partial charge in [0.05, 0.1) is 15.9 Å². The van der Waals surface area contributed by atoms with Gasteiger partial charge in [-0.3, -0.25) is 0 Å². The predicted octanol–water partition coefficient (Wildman–Crippen LogP) is 2.99. The maximum atomic E-state index is 4.81. The van der Waals surface area contributed by atoms with E-state index in [4.69, 9.17) is 4.98 Å². The number of thiophene rings is 1. The van der Waals surface area contributed by atoms with Gasteiger partial charge in [0.25, 0.3) is 0 Å². The first-order chi connectivity index (χ1) is 9.33. The Kier molecular flexibility index (Phi) is 2.47. The third-order valence-corrected chi connectivity index (χ3v) is 4.77. The highest BCUT2D eigenvalue weighted by atomic mass is 32.1. The van der Waals surface area contributed by atoms with Crippen molar-refractivity contribution in [3.63, 3.8) is 0 Å². The largest absolute Gasteiger partial charge is 0.326 e. The molecular formula is C15H15N3S. The third-order valence-electron chi connectivity index (χ3n) is 3.90. The van der Waals surface area contributed by atoms with Gasteiger partial charge in [0.2, 0.25) is 0 Å². The van der Waals surface area contributed by atoms with Gasteiger partial charge in [-0.15, -0.1) is 11.3 Å². The molecule has 0 radical (unpaired) electrons. The van der Waals surface area contributed by atoms with Crippen molar-refractivity contribution >= 4 is 22.4 Å². The van der Waals surface area contributed by atoms with Crippen LogP contribution in [0.15, 0.2) is 35.7 Å². The van der Waals surface area contributed by atoms with Gasteiger partial charge in [0, 0.05) is 26.1 Å². The molecule has 1 aromatic carbocycles. The average molecular weight is 269 g/mol. The number of nitrogens with one attached hydrogen (secondary N) is 1. The Morgan fingerprint density at radius 1 is 1.32 bits per heavy atom. The number of benzene rings is 1. The zero-order valence-electron chi connectivity index (χ0n) is 10.8. The van der Waals surface area contributed by atoms with Gasteiger partial charge in [-0.25, -0.2) is 4.98 Å². The van der Waals surface area contributed by atoms with E-state index in [1.54, 1.807) is 11.3 Å². The molecule has 0 atom stereocenters. The van der Waals surface area contributed by atoms with Crippen molar-refractivity contribution in [2.24, 2.45) is 7.05 Å². The molecular weight excluding hydrogens is 254 g/mol. The van der Waals surface area contributed by atoms with Crippen LogP contribution in [0.25, 0.3) is 21.7 Å². The molecule has 1 fully saturated rings. The van der Waals surface area contributed by atoms with Crippen molar-refractivity contribution in [3.05, 3.63) is 41.3 Å². The van der Waals surface area contributed by atoms with Gasteiger partial charge in [-0.2, -0.15) is 0 Å². The Morgan fingerprint density at radius 3 is 2.89 bits per heavy atom. The highest BCUT2D eigenvalue weighted by Crippen LogP contribution is 2.29. The number of rotatable bonds is 2. The second-order valence-corrected chi connectivity index (χ2v) is 6.02. The maximum Gasteiger partial charge on any atom is 0.150 e. The average Bonchev–Trinajstić information content (AvgIpc) is 2.95. The summed E-state index contributed by atoms with van der Waals surface area (Å²) < 4.78 is 2.18. The van der Waals surface area contributed by atoms with Gasteiger partial charge < -0.3 is 9.88 Å². The van der Waals surface area contributed by atoms with Crippen LogP contribution in [-0.4, -0.2) is 22.6 Å². The fourth-order valence-electron chi connectivity index (χ4n) is 2.62. The van der Waals surface area contributed by atoms with Gasteiger partial charge in [-0.05, 0) is 29.1 Å². The van der Waals surface area contributed by atoms with E-state index in [-0.39, 0.29) is 0 Å². The molecule has 0 saturated carbocycles. The third kappa shape index (κ3) is 1.71. The lowest BCUT2D eigenvalue weighted by molar-refractivity contribution is 0.448. The molecule has 0 spiro atoms. The van der Waals surface area contributed by atoms with E-state index in [0.29, 0.717) is 5.92 Å². The van der Waals surface area contributed by atoms with Gasteiger partial charge >= 0.3 is 0 Å². The van der Waals surface area contributed by atoms with Crippen molar-refractivity contribution in [2.75, 3.05) is 13.1 Å². The zero-order chi connectivity index (χ0) is 12.8. The first-order valence-electron chi connectivity index (χ1n) is 6.54. The second-order valence-electron chi connectivity index (χ2n) is 5.08. The smallest absolute Gasteiger partial charge is 0.150 e. The van der Waals surface area contributed by atoms with Crippen molar-refractivity contribution in [3.8, 4) is 10.7 Å². The Morgan fingerprint density at radius 2 is 2.21 bits per heavy atom. The molecule has 3 heterocycles. The van der Waals surface area contributed by atoms with Crippen LogP contribution in [0, 0.1) is 0 Å². The molecule has 0 amide bonds. The van der Waals surface area contributed by atoms with E-state index in [9.17, 15) is 0 Å². The molecule has 3 nitrogen and oxygen atoms in total. The fraction of sp³-hybridized carbons (Fsp3) is 0.267. The van der Waals surface area contributed by atoms with Crippen LogP contribution in [0.3, 0.4) is 0 Å². The number of aryl methyl sites for hydroxylation is 1. The minimum absolute atomic E-state index is 0.664. The number of hydrogen-bond acceptors (Lipinski definition) is 3. The van der Waals surface area contributed by atoms with Gasteiger partial charge in [0.15, 0.2) is 5.82 Å². The second kappa shape index (κ2) is 4.18. The van der Waals surface area contributed by atoms with Crippen molar-refractivity contribution < 1.29 is 0 Å². The Bertz CT molecular complexity index is 723. The van der Waals surface area contributed by atoms with Gasteiger partial charge in [0.1, 0.15) is 0 Å². The maximum absolute atomic E-state index is 4.81. The lowest BCUT2D eigenvalue weighted by atomic mass is 9.93. The Balaban J connectivity index is 1.86. The number of nitrogens with zero attached hydrogens (tertiary/aromatic N) is 2. The standard InChI is InChI=1S/C15H15N3S/c1-18-13-5-4-10(11-8-16-9-11)7-12(13)17-15(18)14-3-2-6-19-14/h2-7,11,16H,8-9H2,1H3. The van der Waals surface area contributed by atoms with E-state index in [1.807, 2.05) is 0 Å². The summed E-state index contributed by atoms with van der Waals surface area (Å²) in [5, 5.41) is 5.42. The lowest BCUT2D eigenvalue weighted by Crippen LogP contribution is -2.39. The predicted molar refractivity (Wildman–Crippen MR) is 79.6 cm³/mol. The topological polar surface area (TPSA) is 29.9 Å². The summed E-state index contributed by atoms with van der Waals surface area (Å²) in [5.41, 5.74) is 3.72. The summed E-state index contributed by atoms with van der Waals surface area (Å²) >= 11 is 1.74. The van der Waals surface area contributed by atoms with E-state index in [1.165, 1.54) is 16.0 Å². The van der Waals surface area contributed by atoms with Crippen LogP contribution in [0.4, 0.5) is 0 Å². The number of aromatic nitrogens is 2. The normalized spacial score (nSPS) is 15.8. The van der Waals surface area contributed by atoms with E-state index in [0.717, 1.165) is 24.4 Å². The summed E-state index contributed by atoms with van der Waals surface area (Å²) in [6.45, 7) is 2.19. The SMILES string of the molecule is Cn1c(-c2cccs2)nc2cc(C3CNC3)ccc21. The van der Waals surface area contributed by atoms with Crippen LogP contribution in [0.1, 0.15) is 11.5 Å². The molecule has 4 heteroatoms. The van der Waals surface area contributed by atoms with Crippen molar-refractivity contribution in [2.45, 2.75) is 5.92 Å². The fourth-order valence-corrected chi connectivity index (χ4v) is 3.37. The summed E-state index contributed by atoms with van der Waals surface area (Å²) in [5.74, 6) is 1.73. The highest BCUT2D eigenvalue weighted by molar-refractivity contribution is 7.13. The van der Waals surface area contributed by atoms with Crippen LogP contribution in [0.5, 0.6) is 0 Å². The highest BCUT2D eigenvalue weighted by Gasteiger charge is 2.20. The van der Waals surface area contributed by atoms with Crippen molar-refractivity contribution in [1.29, 1.82) is 0 Å². The molecule has 19 heavy (non-hydrogen) atoms. The number of imidazole rings is 1. The van der Waals surface area contributed by atoms with E-state index < -0.39 is 0 Å². The molecule has 2 aromatic heterocycles. The monoisotopic (exact) mass is 269 g/mol. The van der Waals surface area contributed by atoms with E-state index >= 15 is 0 Å². The molecule has 1 saturated heterocycles. The molecule has 1 aliphatic heterocycles. The quantitative estimate of drug-likeness (QED) is 0.775. The minimum Gasteiger partial charge on any atom is -0.326 e. The molecule has 0 bridgehead atoms. The molecule has 0 aliphatic carbocycles. The molecule has 3 aromatic rings. The number of fused-ring (bicyclic) bond motifs is 1. The van der Waals surface area contributed by atoms with Crippen LogP contribution >= 0.6 is 11.3 Å². The van der Waals surface area contributed by atoms with E-state index in [2.05, 4.69) is 52.6 Å². The zero-order valence-corrected chi connectivity index (χ0v) is 11.6. The van der Waals surface area contributed by atoms with Crippen LogP contribution in [-0.2, 0) is 7.05 Å². The molecule has 1 N–H and O–H groups in total. The summed E-state index contributed by atoms with van der Waals surface area (Å²) in [7, 11) is 2.09. The summed E-state index contributed by atoms with van der Waals surface area (Å²) in [6, 6.07) is 10.9. The van der Waals surface area contributed by atoms with Gasteiger partial charge in [-0.1, -0.05) is 12.1 Å². The minimum atomic E-state index is 0.664. The Labute approximate surface area is 115 Å². The molecule has 0 unspecified atom stereocenters. The molecule has 4 rings (SSSR count). The molecule has 96 valence electrons. The van der Waals surface area contributed by atoms with Crippen LogP contribution in [0.2, 0.25) is 0 Å². The van der Waals surface area contributed by atoms with Crippen molar-refractivity contribution in [1.82, 2.24) is 14.9 Å². The summed E-state index contributed by atoms with van der Waals surface area (Å²) in [4.78, 5) is 6.04. The van der Waals surface area contributed by atoms with Crippen LogP contribution < -0.4 is 5.32 Å². The lowest BCUT2D eigenvalue weighted by Gasteiger charge is -2.27. The first kappa shape index (κ1) is 11.2. The Hall–Kier alpha value is -1.65. The molecule has 1 aliphatic rings. The first-order valence-corrected chi connectivity index (χ1v) is 7.42. The summed E-state index contributed by atoms with van der Waals surface area (Å²) in [6.07, 6.45) is 0.